The van der Waals surface area contributed by atoms with E-state index >= 15 is 0 Å². The zero-order chi connectivity index (χ0) is 15.6. The van der Waals surface area contributed by atoms with Crippen LogP contribution in [0.3, 0.4) is 0 Å². The average molecular weight is 293 g/mol. The summed E-state index contributed by atoms with van der Waals surface area (Å²) in [6, 6.07) is 4.72. The summed E-state index contributed by atoms with van der Waals surface area (Å²) < 4.78 is 26.5. The van der Waals surface area contributed by atoms with Crippen LogP contribution in [-0.4, -0.2) is 15.8 Å². The largest absolute Gasteiger partial charge is 0.274 e. The monoisotopic (exact) mass is 293 g/mol. The Morgan fingerprint density at radius 1 is 1.24 bits per heavy atom. The number of halogens is 2. The zero-order valence-electron chi connectivity index (χ0n) is 10.8. The Morgan fingerprint density at radius 2 is 1.86 bits per heavy atom. The molecule has 2 aromatic rings. The first-order chi connectivity index (χ1) is 9.88. The van der Waals surface area contributed by atoms with Crippen LogP contribution in [0, 0.1) is 21.7 Å². The molecule has 0 N–H and O–H groups in total. The molecule has 0 fully saturated rings. The second kappa shape index (κ2) is 5.61. The third-order valence-electron chi connectivity index (χ3n) is 2.59. The molecule has 1 heterocycles. The number of benzene rings is 1. The maximum absolute atomic E-state index is 13.3. The van der Waals surface area contributed by atoms with Crippen molar-refractivity contribution in [2.75, 3.05) is 4.90 Å². The molecular formula is C13H9F2N3O3. The Bertz CT molecular complexity index is 701. The standard InChI is InChI=1S/C13H9F2N3O3/c1-8(19)17(12-5-9(14)4-10(15)6-12)13-7-11(18(20)21)2-3-16-13/h2-7H,1H3. The minimum absolute atomic E-state index is 0.0956. The quantitative estimate of drug-likeness (QED) is 0.644. The predicted octanol–water partition coefficient (Wildman–Crippen LogP) is 2.95. The number of rotatable bonds is 3. The van der Waals surface area contributed by atoms with Crippen LogP contribution < -0.4 is 4.90 Å². The summed E-state index contributed by atoms with van der Waals surface area (Å²) >= 11 is 0. The molecule has 1 aromatic heterocycles. The molecule has 2 rings (SSSR count). The minimum Gasteiger partial charge on any atom is -0.274 e. The second-order valence-corrected chi connectivity index (χ2v) is 4.11. The van der Waals surface area contributed by atoms with Crippen LogP contribution in [0.5, 0.6) is 0 Å². The topological polar surface area (TPSA) is 76.3 Å². The summed E-state index contributed by atoms with van der Waals surface area (Å²) in [4.78, 5) is 26.5. The van der Waals surface area contributed by atoms with E-state index in [-0.39, 0.29) is 17.2 Å². The van der Waals surface area contributed by atoms with Crippen LogP contribution in [0.25, 0.3) is 0 Å². The van der Waals surface area contributed by atoms with E-state index in [9.17, 15) is 23.7 Å². The summed E-state index contributed by atoms with van der Waals surface area (Å²) in [5.41, 5.74) is -0.392. The van der Waals surface area contributed by atoms with Gasteiger partial charge in [-0.05, 0) is 12.1 Å². The maximum atomic E-state index is 13.3. The fourth-order valence-electron chi connectivity index (χ4n) is 1.79. The fourth-order valence-corrected chi connectivity index (χ4v) is 1.79. The molecule has 0 spiro atoms. The number of hydrogen-bond acceptors (Lipinski definition) is 4. The molecule has 1 amide bonds. The molecule has 21 heavy (non-hydrogen) atoms. The molecule has 0 saturated heterocycles. The highest BCUT2D eigenvalue weighted by molar-refractivity contribution is 5.98. The molecule has 1 aromatic carbocycles. The van der Waals surface area contributed by atoms with Gasteiger partial charge in [-0.15, -0.1) is 0 Å². The van der Waals surface area contributed by atoms with E-state index in [1.54, 1.807) is 0 Å². The molecule has 0 unspecified atom stereocenters. The molecule has 108 valence electrons. The zero-order valence-corrected chi connectivity index (χ0v) is 10.8. The SMILES string of the molecule is CC(=O)N(c1cc(F)cc(F)c1)c1cc([N+](=O)[O-])ccn1. The average Bonchev–Trinajstić information content (AvgIpc) is 2.37. The molecule has 6 nitrogen and oxygen atoms in total. The van der Waals surface area contributed by atoms with Gasteiger partial charge >= 0.3 is 0 Å². The highest BCUT2D eigenvalue weighted by atomic mass is 19.1. The van der Waals surface area contributed by atoms with E-state index in [2.05, 4.69) is 4.98 Å². The molecule has 0 aliphatic carbocycles. The number of anilines is 2. The van der Waals surface area contributed by atoms with E-state index in [0.717, 1.165) is 42.3 Å². The van der Waals surface area contributed by atoms with Gasteiger partial charge in [-0.2, -0.15) is 0 Å². The number of nitrogens with zero attached hydrogens (tertiary/aromatic N) is 3. The lowest BCUT2D eigenvalue weighted by Crippen LogP contribution is -2.24. The third-order valence-corrected chi connectivity index (χ3v) is 2.59. The number of pyridine rings is 1. The number of aromatic nitrogens is 1. The van der Waals surface area contributed by atoms with E-state index in [1.165, 1.54) is 0 Å². The summed E-state index contributed by atoms with van der Waals surface area (Å²) in [7, 11) is 0. The molecule has 8 heteroatoms. The summed E-state index contributed by atoms with van der Waals surface area (Å²) in [5.74, 6) is -2.43. The Kier molecular flexibility index (Phi) is 3.88. The lowest BCUT2D eigenvalue weighted by molar-refractivity contribution is -0.384. The van der Waals surface area contributed by atoms with E-state index in [0.29, 0.717) is 6.07 Å². The van der Waals surface area contributed by atoms with Crippen molar-refractivity contribution in [1.29, 1.82) is 0 Å². The van der Waals surface area contributed by atoms with Crippen molar-refractivity contribution in [1.82, 2.24) is 4.98 Å². The van der Waals surface area contributed by atoms with Crippen LogP contribution in [0.2, 0.25) is 0 Å². The summed E-state index contributed by atoms with van der Waals surface area (Å²) in [6.07, 6.45) is 1.14. The first-order valence-electron chi connectivity index (χ1n) is 5.75. The van der Waals surface area contributed by atoms with Gasteiger partial charge < -0.3 is 0 Å². The molecule has 0 saturated carbocycles. The molecule has 0 aliphatic rings. The van der Waals surface area contributed by atoms with Crippen molar-refractivity contribution < 1.29 is 18.5 Å². The number of hydrogen-bond donors (Lipinski definition) is 0. The van der Waals surface area contributed by atoms with Gasteiger partial charge in [0, 0.05) is 25.3 Å². The highest BCUT2D eigenvalue weighted by Crippen LogP contribution is 2.27. The molecule has 0 aliphatic heterocycles. The van der Waals surface area contributed by atoms with Gasteiger partial charge in [-0.25, -0.2) is 13.8 Å². The van der Waals surface area contributed by atoms with E-state index in [4.69, 9.17) is 0 Å². The van der Waals surface area contributed by atoms with Crippen LogP contribution in [0.1, 0.15) is 6.92 Å². The van der Waals surface area contributed by atoms with Crippen molar-refractivity contribution in [2.45, 2.75) is 6.92 Å². The van der Waals surface area contributed by atoms with Crippen molar-refractivity contribution >= 4 is 23.1 Å². The normalized spacial score (nSPS) is 10.2. The number of amides is 1. The first-order valence-corrected chi connectivity index (χ1v) is 5.75. The van der Waals surface area contributed by atoms with E-state index in [1.807, 2.05) is 0 Å². The van der Waals surface area contributed by atoms with Crippen LogP contribution in [0.15, 0.2) is 36.5 Å². The smallest absolute Gasteiger partial charge is 0.274 e. The molecule has 0 bridgehead atoms. The molecule has 0 radical (unpaired) electrons. The lowest BCUT2D eigenvalue weighted by Gasteiger charge is -2.20. The fraction of sp³-hybridized carbons (Fsp3) is 0.0769. The number of nitro groups is 1. The van der Waals surface area contributed by atoms with Crippen LogP contribution in [0.4, 0.5) is 26.0 Å². The second-order valence-electron chi connectivity index (χ2n) is 4.11. The summed E-state index contributed by atoms with van der Waals surface area (Å²) in [5, 5.41) is 10.7. The third kappa shape index (κ3) is 3.16. The van der Waals surface area contributed by atoms with Gasteiger partial charge in [0.15, 0.2) is 0 Å². The van der Waals surface area contributed by atoms with Crippen molar-refractivity contribution in [2.24, 2.45) is 0 Å². The highest BCUT2D eigenvalue weighted by Gasteiger charge is 2.19. The van der Waals surface area contributed by atoms with Gasteiger partial charge in [-0.1, -0.05) is 0 Å². The van der Waals surface area contributed by atoms with Gasteiger partial charge in [0.1, 0.15) is 17.5 Å². The van der Waals surface area contributed by atoms with Gasteiger partial charge in [0.25, 0.3) is 5.69 Å². The van der Waals surface area contributed by atoms with E-state index < -0.39 is 22.5 Å². The van der Waals surface area contributed by atoms with Gasteiger partial charge in [0.2, 0.25) is 5.91 Å². The number of carbonyl (C=O) groups is 1. The number of carbonyl (C=O) groups excluding carboxylic acids is 1. The van der Waals surface area contributed by atoms with Gasteiger partial charge in [0.05, 0.1) is 16.7 Å². The van der Waals surface area contributed by atoms with Gasteiger partial charge in [-0.3, -0.25) is 19.8 Å². The minimum atomic E-state index is -0.873. The Balaban J connectivity index is 2.56. The summed E-state index contributed by atoms with van der Waals surface area (Å²) in [6.45, 7) is 1.16. The lowest BCUT2D eigenvalue weighted by atomic mass is 10.2. The Morgan fingerprint density at radius 3 is 2.38 bits per heavy atom. The predicted molar refractivity (Wildman–Crippen MR) is 70.1 cm³/mol. The van der Waals surface area contributed by atoms with Crippen LogP contribution in [-0.2, 0) is 4.79 Å². The van der Waals surface area contributed by atoms with Crippen molar-refractivity contribution in [3.05, 3.63) is 58.3 Å². The van der Waals surface area contributed by atoms with Crippen molar-refractivity contribution in [3.8, 4) is 0 Å². The van der Waals surface area contributed by atoms with Crippen molar-refractivity contribution in [3.63, 3.8) is 0 Å². The Hall–Kier alpha value is -2.90. The maximum Gasteiger partial charge on any atom is 0.274 e. The first kappa shape index (κ1) is 14.5. The molecular weight excluding hydrogens is 284 g/mol. The van der Waals surface area contributed by atoms with Crippen LogP contribution >= 0.6 is 0 Å². The Labute approximate surface area is 117 Å². The molecule has 0 atom stereocenters.